The average Bonchev–Trinajstić information content (AvgIpc) is 2.81. The molecule has 0 aliphatic carbocycles. The van der Waals surface area contributed by atoms with Gasteiger partial charge < -0.3 is 10.1 Å². The zero-order valence-corrected chi connectivity index (χ0v) is 12.1. The van der Waals surface area contributed by atoms with E-state index in [1.807, 2.05) is 12.4 Å². The summed E-state index contributed by atoms with van der Waals surface area (Å²) in [5.74, 6) is 0.919. The molecule has 2 rings (SSSR count). The number of ether oxygens (including phenoxy) is 1. The zero-order valence-electron chi connectivity index (χ0n) is 9.74. The Labute approximate surface area is 114 Å². The summed E-state index contributed by atoms with van der Waals surface area (Å²) in [6.07, 6.45) is 0. The topological polar surface area (TPSA) is 21.3 Å². The minimum absolute atomic E-state index is 0.219. The highest BCUT2D eigenvalue weighted by Crippen LogP contribution is 2.31. The summed E-state index contributed by atoms with van der Waals surface area (Å²) in [5.41, 5.74) is 1.25. The third-order valence-electron chi connectivity index (χ3n) is 2.61. The van der Waals surface area contributed by atoms with Gasteiger partial charge >= 0.3 is 0 Å². The molecular formula is C13H14BrNOS. The van der Waals surface area contributed by atoms with E-state index in [9.17, 15) is 0 Å². The standard InChI is InChI=1S/C13H14BrNOS/c1-15-13(9-3-5-10(14)6-4-9)12-7-11(16-2)8-17-12/h3-8,13,15H,1-2H3. The van der Waals surface area contributed by atoms with E-state index in [0.29, 0.717) is 0 Å². The Bertz CT molecular complexity index is 480. The zero-order chi connectivity index (χ0) is 12.3. The van der Waals surface area contributed by atoms with Crippen molar-refractivity contribution in [3.8, 4) is 5.75 Å². The van der Waals surface area contributed by atoms with Crippen LogP contribution < -0.4 is 10.1 Å². The largest absolute Gasteiger partial charge is 0.496 e. The van der Waals surface area contributed by atoms with Crippen LogP contribution in [0.5, 0.6) is 5.75 Å². The van der Waals surface area contributed by atoms with Gasteiger partial charge in [-0.15, -0.1) is 11.3 Å². The normalized spacial score (nSPS) is 12.4. The summed E-state index contributed by atoms with van der Waals surface area (Å²) in [6.45, 7) is 0. The summed E-state index contributed by atoms with van der Waals surface area (Å²) in [7, 11) is 3.67. The van der Waals surface area contributed by atoms with Gasteiger partial charge in [-0.05, 0) is 30.8 Å². The molecule has 1 aromatic heterocycles. The first-order chi connectivity index (χ1) is 8.24. The summed E-state index contributed by atoms with van der Waals surface area (Å²) in [6, 6.07) is 10.7. The van der Waals surface area contributed by atoms with E-state index in [-0.39, 0.29) is 6.04 Å². The summed E-state index contributed by atoms with van der Waals surface area (Å²) in [5, 5.41) is 5.36. The van der Waals surface area contributed by atoms with E-state index in [1.165, 1.54) is 10.4 Å². The predicted octanol–water partition coefficient (Wildman–Crippen LogP) is 3.83. The number of rotatable bonds is 4. The van der Waals surface area contributed by atoms with Crippen molar-refractivity contribution in [1.82, 2.24) is 5.32 Å². The van der Waals surface area contributed by atoms with E-state index in [4.69, 9.17) is 4.74 Å². The Balaban J connectivity index is 2.29. The van der Waals surface area contributed by atoms with Crippen LogP contribution in [0.3, 0.4) is 0 Å². The Morgan fingerprint density at radius 3 is 2.53 bits per heavy atom. The van der Waals surface area contributed by atoms with E-state index in [2.05, 4.69) is 51.6 Å². The number of thiophene rings is 1. The van der Waals surface area contributed by atoms with Crippen LogP contribution in [-0.2, 0) is 0 Å². The Morgan fingerprint density at radius 1 is 1.29 bits per heavy atom. The number of halogens is 1. The van der Waals surface area contributed by atoms with Gasteiger partial charge in [0.2, 0.25) is 0 Å². The van der Waals surface area contributed by atoms with Crippen molar-refractivity contribution in [2.45, 2.75) is 6.04 Å². The Morgan fingerprint density at radius 2 is 2.00 bits per heavy atom. The lowest BCUT2D eigenvalue weighted by Gasteiger charge is -2.14. The van der Waals surface area contributed by atoms with Crippen molar-refractivity contribution in [2.75, 3.05) is 14.2 Å². The minimum Gasteiger partial charge on any atom is -0.496 e. The Kier molecular flexibility index (Phi) is 4.20. The summed E-state index contributed by atoms with van der Waals surface area (Å²) in [4.78, 5) is 1.26. The molecule has 1 atom stereocenters. The quantitative estimate of drug-likeness (QED) is 0.926. The van der Waals surface area contributed by atoms with Crippen molar-refractivity contribution in [3.05, 3.63) is 50.6 Å². The first-order valence-electron chi connectivity index (χ1n) is 5.29. The maximum Gasteiger partial charge on any atom is 0.129 e. The van der Waals surface area contributed by atoms with Gasteiger partial charge in [0.1, 0.15) is 5.75 Å². The molecule has 0 amide bonds. The molecule has 17 heavy (non-hydrogen) atoms. The van der Waals surface area contributed by atoms with Gasteiger partial charge in [0.15, 0.2) is 0 Å². The fraction of sp³-hybridized carbons (Fsp3) is 0.231. The minimum atomic E-state index is 0.219. The first kappa shape index (κ1) is 12.6. The first-order valence-corrected chi connectivity index (χ1v) is 6.97. The van der Waals surface area contributed by atoms with Gasteiger partial charge in [-0.25, -0.2) is 0 Å². The maximum absolute atomic E-state index is 5.22. The SMILES string of the molecule is CNC(c1ccc(Br)cc1)c1cc(OC)cs1. The molecular weight excluding hydrogens is 298 g/mol. The molecule has 1 unspecified atom stereocenters. The van der Waals surface area contributed by atoms with Crippen molar-refractivity contribution in [2.24, 2.45) is 0 Å². The van der Waals surface area contributed by atoms with Crippen molar-refractivity contribution >= 4 is 27.3 Å². The third-order valence-corrected chi connectivity index (χ3v) is 4.11. The van der Waals surface area contributed by atoms with E-state index in [1.54, 1.807) is 18.4 Å². The molecule has 0 radical (unpaired) electrons. The molecule has 1 heterocycles. The molecule has 1 aromatic carbocycles. The smallest absolute Gasteiger partial charge is 0.129 e. The second kappa shape index (κ2) is 5.67. The highest BCUT2D eigenvalue weighted by molar-refractivity contribution is 9.10. The molecule has 90 valence electrons. The van der Waals surface area contributed by atoms with Crippen molar-refractivity contribution in [1.29, 1.82) is 0 Å². The monoisotopic (exact) mass is 311 g/mol. The number of benzene rings is 1. The number of nitrogens with one attached hydrogen (secondary N) is 1. The van der Waals surface area contributed by atoms with Gasteiger partial charge in [-0.3, -0.25) is 0 Å². The number of hydrogen-bond donors (Lipinski definition) is 1. The van der Waals surface area contributed by atoms with Crippen molar-refractivity contribution < 1.29 is 4.74 Å². The molecule has 2 aromatic rings. The van der Waals surface area contributed by atoms with Gasteiger partial charge in [-0.2, -0.15) is 0 Å². The third kappa shape index (κ3) is 2.89. The predicted molar refractivity (Wildman–Crippen MR) is 75.9 cm³/mol. The van der Waals surface area contributed by atoms with Crippen LogP contribution >= 0.6 is 27.3 Å². The second-order valence-electron chi connectivity index (χ2n) is 3.66. The fourth-order valence-electron chi connectivity index (χ4n) is 1.72. The van der Waals surface area contributed by atoms with Gasteiger partial charge in [0.25, 0.3) is 0 Å². The summed E-state index contributed by atoms with van der Waals surface area (Å²) >= 11 is 5.16. The molecule has 1 N–H and O–H groups in total. The second-order valence-corrected chi connectivity index (χ2v) is 5.52. The molecule has 2 nitrogen and oxygen atoms in total. The molecule has 0 fully saturated rings. The van der Waals surface area contributed by atoms with E-state index in [0.717, 1.165) is 10.2 Å². The van der Waals surface area contributed by atoms with Crippen LogP contribution in [0.4, 0.5) is 0 Å². The molecule has 0 bridgehead atoms. The lowest BCUT2D eigenvalue weighted by atomic mass is 10.1. The maximum atomic E-state index is 5.22. The lowest BCUT2D eigenvalue weighted by Crippen LogP contribution is -2.16. The lowest BCUT2D eigenvalue weighted by molar-refractivity contribution is 0.416. The van der Waals surface area contributed by atoms with E-state index < -0.39 is 0 Å². The van der Waals surface area contributed by atoms with Gasteiger partial charge in [-0.1, -0.05) is 28.1 Å². The number of hydrogen-bond acceptors (Lipinski definition) is 3. The summed E-state index contributed by atoms with van der Waals surface area (Å²) < 4.78 is 6.32. The molecule has 0 aliphatic rings. The van der Waals surface area contributed by atoms with Crippen LogP contribution in [0.25, 0.3) is 0 Å². The average molecular weight is 312 g/mol. The van der Waals surface area contributed by atoms with Crippen LogP contribution in [0, 0.1) is 0 Å². The van der Waals surface area contributed by atoms with E-state index >= 15 is 0 Å². The van der Waals surface area contributed by atoms with Crippen molar-refractivity contribution in [3.63, 3.8) is 0 Å². The fourth-order valence-corrected chi connectivity index (χ4v) is 2.98. The van der Waals surface area contributed by atoms with Gasteiger partial charge in [0, 0.05) is 14.7 Å². The number of methoxy groups -OCH3 is 1. The van der Waals surface area contributed by atoms with Gasteiger partial charge in [0.05, 0.1) is 13.2 Å². The van der Waals surface area contributed by atoms with Crippen LogP contribution in [-0.4, -0.2) is 14.2 Å². The Hall–Kier alpha value is -0.840. The highest BCUT2D eigenvalue weighted by atomic mass is 79.9. The van der Waals surface area contributed by atoms with Crippen LogP contribution in [0.15, 0.2) is 40.2 Å². The molecule has 4 heteroatoms. The van der Waals surface area contributed by atoms with Crippen LogP contribution in [0.2, 0.25) is 0 Å². The molecule has 0 spiro atoms. The highest BCUT2D eigenvalue weighted by Gasteiger charge is 2.14. The molecule has 0 saturated carbocycles. The molecule has 0 aliphatic heterocycles. The van der Waals surface area contributed by atoms with Crippen LogP contribution in [0.1, 0.15) is 16.5 Å². The molecule has 0 saturated heterocycles.